The molecule has 0 saturated carbocycles. The lowest BCUT2D eigenvalue weighted by Crippen LogP contribution is -2.25. The van der Waals surface area contributed by atoms with Gasteiger partial charge >= 0.3 is 0 Å². The van der Waals surface area contributed by atoms with Gasteiger partial charge in [-0.15, -0.1) is 0 Å². The first-order valence-electron chi connectivity index (χ1n) is 10.6. The lowest BCUT2D eigenvalue weighted by Gasteiger charge is -2.20. The predicted molar refractivity (Wildman–Crippen MR) is 130 cm³/mol. The first-order chi connectivity index (χ1) is 15.6. The van der Waals surface area contributed by atoms with Crippen LogP contribution in [0.3, 0.4) is 0 Å². The Kier molecular flexibility index (Phi) is 5.07. The molecule has 1 aliphatic rings. The molecule has 1 N–H and O–H groups in total. The number of hydrazone groups is 1. The average molecular weight is 422 g/mol. The third-order valence-electron chi connectivity index (χ3n) is 5.84. The average Bonchev–Trinajstić information content (AvgIpc) is 3.26. The lowest BCUT2D eigenvalue weighted by atomic mass is 10.0. The molecule has 0 amide bonds. The van der Waals surface area contributed by atoms with Crippen LogP contribution in [0.4, 0.5) is 5.69 Å². The maximum Gasteiger partial charge on any atom is 0.263 e. The number of benzene rings is 3. The Labute approximate surface area is 186 Å². The minimum Gasteiger partial charge on any atom is -0.506 e. The molecule has 158 valence electrons. The normalized spacial score (nSPS) is 16.1. The van der Waals surface area contributed by atoms with Crippen molar-refractivity contribution in [3.8, 4) is 5.75 Å². The second-order valence-electron chi connectivity index (χ2n) is 7.87. The van der Waals surface area contributed by atoms with E-state index in [1.54, 1.807) is 11.6 Å². The summed E-state index contributed by atoms with van der Waals surface area (Å²) in [5.41, 5.74) is 3.32. The second-order valence-corrected chi connectivity index (χ2v) is 7.87. The minimum absolute atomic E-state index is 0.0110. The number of pyridine rings is 1. The van der Waals surface area contributed by atoms with Crippen molar-refractivity contribution in [2.24, 2.45) is 12.1 Å². The summed E-state index contributed by atoms with van der Waals surface area (Å²) in [5, 5.41) is 18.4. The zero-order valence-electron chi connectivity index (χ0n) is 17.7. The molecular formula is C27H23N3O2. The molecule has 0 fully saturated rings. The van der Waals surface area contributed by atoms with Crippen molar-refractivity contribution in [1.29, 1.82) is 0 Å². The van der Waals surface area contributed by atoms with E-state index in [0.29, 0.717) is 23.0 Å². The molecule has 1 aromatic heterocycles. The van der Waals surface area contributed by atoms with Crippen LogP contribution in [0.5, 0.6) is 5.75 Å². The SMILES string of the molecule is Cn1c(=O)c(C2=NN(c3ccccc3)C(C=Cc3ccccc3)C2)c(O)c2ccccc21. The van der Waals surface area contributed by atoms with Crippen molar-refractivity contribution >= 4 is 28.4 Å². The van der Waals surface area contributed by atoms with E-state index in [-0.39, 0.29) is 22.9 Å². The summed E-state index contributed by atoms with van der Waals surface area (Å²) in [6.45, 7) is 0. The van der Waals surface area contributed by atoms with Crippen LogP contribution in [0.15, 0.2) is 101 Å². The number of anilines is 1. The number of aromatic hydroxyl groups is 1. The quantitative estimate of drug-likeness (QED) is 0.508. The van der Waals surface area contributed by atoms with Crippen LogP contribution in [-0.4, -0.2) is 21.4 Å². The second kappa shape index (κ2) is 8.19. The number of hydrogen-bond acceptors (Lipinski definition) is 4. The Morgan fingerprint density at radius 3 is 2.34 bits per heavy atom. The van der Waals surface area contributed by atoms with Gasteiger partial charge in [-0.05, 0) is 29.8 Å². The van der Waals surface area contributed by atoms with E-state index in [1.165, 1.54) is 0 Å². The highest BCUT2D eigenvalue weighted by Crippen LogP contribution is 2.32. The van der Waals surface area contributed by atoms with Gasteiger partial charge in [0.05, 0.1) is 23.0 Å². The fourth-order valence-electron chi connectivity index (χ4n) is 4.19. The van der Waals surface area contributed by atoms with Crippen molar-refractivity contribution in [3.05, 3.63) is 112 Å². The number of nitrogens with zero attached hydrogens (tertiary/aromatic N) is 3. The number of aryl methyl sites for hydroxylation is 1. The van der Waals surface area contributed by atoms with Gasteiger partial charge in [-0.1, -0.05) is 72.8 Å². The molecule has 5 rings (SSSR count). The zero-order chi connectivity index (χ0) is 22.1. The topological polar surface area (TPSA) is 57.8 Å². The van der Waals surface area contributed by atoms with Crippen LogP contribution < -0.4 is 10.6 Å². The van der Waals surface area contributed by atoms with Gasteiger partial charge < -0.3 is 9.67 Å². The van der Waals surface area contributed by atoms with E-state index in [2.05, 4.69) is 12.2 Å². The maximum atomic E-state index is 13.2. The van der Waals surface area contributed by atoms with Gasteiger partial charge in [0.2, 0.25) is 0 Å². The van der Waals surface area contributed by atoms with Crippen molar-refractivity contribution in [1.82, 2.24) is 4.57 Å². The van der Waals surface area contributed by atoms with Gasteiger partial charge in [-0.2, -0.15) is 5.10 Å². The number of hydrogen-bond donors (Lipinski definition) is 1. The standard InChI is InChI=1S/C27H23N3O2/c1-29-24-15-9-8-14-22(24)26(31)25(27(29)32)23-18-21(17-16-19-10-4-2-5-11-19)30(28-23)20-12-6-3-7-13-20/h2-17,21,31H,18H2,1H3. The summed E-state index contributed by atoms with van der Waals surface area (Å²) < 4.78 is 1.58. The Bertz CT molecular complexity index is 1390. The zero-order valence-corrected chi connectivity index (χ0v) is 17.7. The van der Waals surface area contributed by atoms with Crippen molar-refractivity contribution in [2.45, 2.75) is 12.5 Å². The summed E-state index contributed by atoms with van der Waals surface area (Å²) in [5.74, 6) is -0.0110. The highest BCUT2D eigenvalue weighted by atomic mass is 16.3. The molecule has 4 aromatic rings. The maximum absolute atomic E-state index is 13.2. The first kappa shape index (κ1) is 19.8. The molecule has 3 aromatic carbocycles. The Morgan fingerprint density at radius 2 is 1.59 bits per heavy atom. The molecule has 0 saturated heterocycles. The molecule has 1 atom stereocenters. The van der Waals surface area contributed by atoms with Crippen LogP contribution in [0.1, 0.15) is 17.5 Å². The highest BCUT2D eigenvalue weighted by Gasteiger charge is 2.30. The van der Waals surface area contributed by atoms with Gasteiger partial charge in [0.1, 0.15) is 11.3 Å². The third kappa shape index (κ3) is 3.48. The monoisotopic (exact) mass is 421 g/mol. The number of fused-ring (bicyclic) bond motifs is 1. The Morgan fingerprint density at radius 1 is 0.938 bits per heavy atom. The highest BCUT2D eigenvalue weighted by molar-refractivity contribution is 6.08. The fourth-order valence-corrected chi connectivity index (χ4v) is 4.19. The lowest BCUT2D eigenvalue weighted by molar-refractivity contribution is 0.478. The molecule has 1 aliphatic heterocycles. The number of para-hydroxylation sites is 2. The molecule has 2 heterocycles. The van der Waals surface area contributed by atoms with Crippen LogP contribution in [0, 0.1) is 0 Å². The number of aromatic nitrogens is 1. The van der Waals surface area contributed by atoms with E-state index < -0.39 is 0 Å². The largest absolute Gasteiger partial charge is 0.506 e. The summed E-state index contributed by atoms with van der Waals surface area (Å²) in [4.78, 5) is 13.2. The smallest absolute Gasteiger partial charge is 0.263 e. The van der Waals surface area contributed by atoms with Crippen LogP contribution in [0.2, 0.25) is 0 Å². The van der Waals surface area contributed by atoms with Crippen molar-refractivity contribution in [2.75, 3.05) is 5.01 Å². The molecule has 0 bridgehead atoms. The van der Waals surface area contributed by atoms with E-state index in [1.807, 2.05) is 89.9 Å². The van der Waals surface area contributed by atoms with Gasteiger partial charge in [0.15, 0.2) is 0 Å². The first-order valence-corrected chi connectivity index (χ1v) is 10.6. The third-order valence-corrected chi connectivity index (χ3v) is 5.84. The molecule has 32 heavy (non-hydrogen) atoms. The Hall–Kier alpha value is -4.12. The molecule has 0 spiro atoms. The minimum atomic E-state index is -0.249. The molecule has 0 radical (unpaired) electrons. The summed E-state index contributed by atoms with van der Waals surface area (Å²) in [6, 6.07) is 27.3. The van der Waals surface area contributed by atoms with Gasteiger partial charge in [0, 0.05) is 18.9 Å². The van der Waals surface area contributed by atoms with Crippen LogP contribution >= 0.6 is 0 Å². The van der Waals surface area contributed by atoms with Crippen LogP contribution in [-0.2, 0) is 7.05 Å². The molecule has 0 aliphatic carbocycles. The molecule has 5 nitrogen and oxygen atoms in total. The summed E-state index contributed by atoms with van der Waals surface area (Å²) in [7, 11) is 1.73. The molecule has 5 heteroatoms. The van der Waals surface area contributed by atoms with Crippen molar-refractivity contribution < 1.29 is 5.11 Å². The summed E-state index contributed by atoms with van der Waals surface area (Å²) in [6.07, 6.45) is 4.68. The van der Waals surface area contributed by atoms with E-state index >= 15 is 0 Å². The molecule has 1 unspecified atom stereocenters. The van der Waals surface area contributed by atoms with Crippen molar-refractivity contribution in [3.63, 3.8) is 0 Å². The number of rotatable bonds is 4. The van der Waals surface area contributed by atoms with Gasteiger partial charge in [0.25, 0.3) is 5.56 Å². The van der Waals surface area contributed by atoms with Gasteiger partial charge in [-0.3, -0.25) is 9.80 Å². The van der Waals surface area contributed by atoms with Gasteiger partial charge in [-0.25, -0.2) is 0 Å². The fraction of sp³-hybridized carbons (Fsp3) is 0.111. The van der Waals surface area contributed by atoms with E-state index in [0.717, 1.165) is 11.3 Å². The summed E-state index contributed by atoms with van der Waals surface area (Å²) >= 11 is 0. The van der Waals surface area contributed by atoms with Crippen LogP contribution in [0.25, 0.3) is 17.0 Å². The Balaban J connectivity index is 1.61. The predicted octanol–water partition coefficient (Wildman–Crippen LogP) is 4.94. The molecular weight excluding hydrogens is 398 g/mol. The van der Waals surface area contributed by atoms with E-state index in [9.17, 15) is 9.90 Å². The van der Waals surface area contributed by atoms with E-state index in [4.69, 9.17) is 5.10 Å².